The quantitative estimate of drug-likeness (QED) is 0.747. The van der Waals surface area contributed by atoms with Gasteiger partial charge in [0.25, 0.3) is 5.56 Å². The zero-order chi connectivity index (χ0) is 13.9. The molecule has 0 aliphatic heterocycles. The van der Waals surface area contributed by atoms with Crippen LogP contribution in [-0.4, -0.2) is 19.7 Å². The van der Waals surface area contributed by atoms with Crippen LogP contribution in [0.1, 0.15) is 5.56 Å². The maximum atomic E-state index is 12.5. The van der Waals surface area contributed by atoms with Crippen LogP contribution in [0.5, 0.6) is 0 Å². The highest BCUT2D eigenvalue weighted by Gasteiger charge is 2.11. The fraction of sp³-hybridized carbons (Fsp3) is 0.0714. The summed E-state index contributed by atoms with van der Waals surface area (Å²) in [6.45, 7) is 0.475. The van der Waals surface area contributed by atoms with Crippen LogP contribution in [0.25, 0.3) is 11.3 Å². The van der Waals surface area contributed by atoms with Crippen molar-refractivity contribution in [2.75, 3.05) is 5.73 Å². The Kier molecular flexibility index (Phi) is 3.04. The van der Waals surface area contributed by atoms with Crippen LogP contribution in [0.15, 0.2) is 53.8 Å². The lowest BCUT2D eigenvalue weighted by Crippen LogP contribution is -2.23. The van der Waals surface area contributed by atoms with Gasteiger partial charge in [-0.1, -0.05) is 0 Å². The van der Waals surface area contributed by atoms with E-state index in [4.69, 9.17) is 5.73 Å². The summed E-state index contributed by atoms with van der Waals surface area (Å²) in [5.74, 6) is 0. The minimum absolute atomic E-state index is 0.147. The Hall–Kier alpha value is -2.89. The molecule has 3 aromatic rings. The lowest BCUT2D eigenvalue weighted by Gasteiger charge is -2.09. The summed E-state index contributed by atoms with van der Waals surface area (Å²) < 4.78 is 1.61. The van der Waals surface area contributed by atoms with Gasteiger partial charge >= 0.3 is 0 Å². The summed E-state index contributed by atoms with van der Waals surface area (Å²) in [4.78, 5) is 16.5. The summed E-state index contributed by atoms with van der Waals surface area (Å²) in [7, 11) is 0. The van der Waals surface area contributed by atoms with Gasteiger partial charge in [-0.15, -0.1) is 0 Å². The smallest absolute Gasteiger partial charge is 0.262 e. The highest BCUT2D eigenvalue weighted by atomic mass is 16.1. The van der Waals surface area contributed by atoms with Crippen molar-refractivity contribution in [3.05, 3.63) is 65.0 Å². The SMILES string of the molecule is Nc1ccn(Cc2ccncc2)c(=O)c1-c1ccn[nH]1. The molecular formula is C14H13N5O. The third kappa shape index (κ3) is 2.18. The van der Waals surface area contributed by atoms with Crippen molar-refractivity contribution < 1.29 is 0 Å². The molecule has 3 aromatic heterocycles. The molecule has 0 radical (unpaired) electrons. The van der Waals surface area contributed by atoms with Gasteiger partial charge in [-0.05, 0) is 29.8 Å². The average Bonchev–Trinajstić information content (AvgIpc) is 2.97. The Labute approximate surface area is 114 Å². The van der Waals surface area contributed by atoms with Gasteiger partial charge in [0.1, 0.15) is 0 Å². The number of nitrogens with zero attached hydrogens (tertiary/aromatic N) is 3. The van der Waals surface area contributed by atoms with Crippen LogP contribution in [-0.2, 0) is 6.54 Å². The maximum absolute atomic E-state index is 12.5. The monoisotopic (exact) mass is 267 g/mol. The van der Waals surface area contributed by atoms with Gasteiger partial charge < -0.3 is 10.3 Å². The van der Waals surface area contributed by atoms with E-state index in [1.807, 2.05) is 12.1 Å². The molecule has 6 heteroatoms. The number of H-pyrrole nitrogens is 1. The molecule has 0 spiro atoms. The molecule has 0 saturated heterocycles. The first kappa shape index (κ1) is 12.2. The molecule has 0 atom stereocenters. The number of anilines is 1. The van der Waals surface area contributed by atoms with Crippen molar-refractivity contribution >= 4 is 5.69 Å². The molecule has 3 rings (SSSR count). The first-order chi connectivity index (χ1) is 9.75. The van der Waals surface area contributed by atoms with Crippen LogP contribution >= 0.6 is 0 Å². The van der Waals surface area contributed by atoms with Crippen LogP contribution in [0.3, 0.4) is 0 Å². The van der Waals surface area contributed by atoms with Crippen LogP contribution in [0.4, 0.5) is 5.69 Å². The van der Waals surface area contributed by atoms with E-state index in [1.165, 1.54) is 0 Å². The molecule has 0 aliphatic carbocycles. The summed E-state index contributed by atoms with van der Waals surface area (Å²) in [5.41, 5.74) is 8.26. The van der Waals surface area contributed by atoms with Gasteiger partial charge in [-0.2, -0.15) is 5.10 Å². The third-order valence-electron chi connectivity index (χ3n) is 3.07. The molecule has 3 N–H and O–H groups in total. The largest absolute Gasteiger partial charge is 0.398 e. The van der Waals surface area contributed by atoms with Crippen molar-refractivity contribution in [3.8, 4) is 11.3 Å². The number of hydrogen-bond acceptors (Lipinski definition) is 4. The van der Waals surface area contributed by atoms with E-state index in [0.29, 0.717) is 23.5 Å². The van der Waals surface area contributed by atoms with E-state index in [9.17, 15) is 4.79 Å². The summed E-state index contributed by atoms with van der Waals surface area (Å²) in [5, 5.41) is 6.63. The van der Waals surface area contributed by atoms with Crippen molar-refractivity contribution in [3.63, 3.8) is 0 Å². The van der Waals surface area contributed by atoms with Gasteiger partial charge in [0, 0.05) is 30.5 Å². The average molecular weight is 267 g/mol. The summed E-state index contributed by atoms with van der Waals surface area (Å²) in [6.07, 6.45) is 6.69. The lowest BCUT2D eigenvalue weighted by molar-refractivity contribution is 0.760. The second kappa shape index (κ2) is 5.00. The Morgan fingerprint density at radius 2 is 1.95 bits per heavy atom. The molecule has 0 bridgehead atoms. The van der Waals surface area contributed by atoms with Gasteiger partial charge in [-0.25, -0.2) is 0 Å². The fourth-order valence-electron chi connectivity index (χ4n) is 2.06. The molecule has 100 valence electrons. The number of aromatic nitrogens is 4. The fourth-order valence-corrected chi connectivity index (χ4v) is 2.06. The molecule has 3 heterocycles. The minimum Gasteiger partial charge on any atom is -0.398 e. The second-order valence-electron chi connectivity index (χ2n) is 4.40. The number of aromatic amines is 1. The van der Waals surface area contributed by atoms with E-state index in [0.717, 1.165) is 5.56 Å². The zero-order valence-corrected chi connectivity index (χ0v) is 10.7. The van der Waals surface area contributed by atoms with Crippen molar-refractivity contribution in [1.29, 1.82) is 0 Å². The predicted octanol–water partition coefficient (Wildman–Crippen LogP) is 1.26. The molecule has 0 unspecified atom stereocenters. The first-order valence-electron chi connectivity index (χ1n) is 6.13. The van der Waals surface area contributed by atoms with Crippen LogP contribution < -0.4 is 11.3 Å². The maximum Gasteiger partial charge on any atom is 0.262 e. The zero-order valence-electron chi connectivity index (χ0n) is 10.7. The van der Waals surface area contributed by atoms with E-state index in [-0.39, 0.29) is 5.56 Å². The Morgan fingerprint density at radius 3 is 2.65 bits per heavy atom. The molecule has 20 heavy (non-hydrogen) atoms. The standard InChI is InChI=1S/C14H13N5O/c15-11-4-8-19(9-10-1-5-16-6-2-10)14(20)13(11)12-3-7-17-18-12/h1-8H,9,15H2,(H,17,18). The molecular weight excluding hydrogens is 254 g/mol. The molecule has 0 amide bonds. The van der Waals surface area contributed by atoms with E-state index < -0.39 is 0 Å². The Morgan fingerprint density at radius 1 is 1.15 bits per heavy atom. The summed E-state index contributed by atoms with van der Waals surface area (Å²) in [6, 6.07) is 7.19. The second-order valence-corrected chi connectivity index (χ2v) is 4.40. The number of nitrogens with one attached hydrogen (secondary N) is 1. The number of nitrogen functional groups attached to an aromatic ring is 1. The Balaban J connectivity index is 2.06. The molecule has 0 aliphatic rings. The number of hydrogen-bond donors (Lipinski definition) is 2. The molecule has 0 fully saturated rings. The lowest BCUT2D eigenvalue weighted by atomic mass is 10.1. The van der Waals surface area contributed by atoms with Crippen molar-refractivity contribution in [2.45, 2.75) is 6.54 Å². The number of pyridine rings is 2. The molecule has 0 saturated carbocycles. The predicted molar refractivity (Wildman–Crippen MR) is 76.0 cm³/mol. The van der Waals surface area contributed by atoms with Gasteiger partial charge in [0.15, 0.2) is 0 Å². The van der Waals surface area contributed by atoms with Crippen LogP contribution in [0.2, 0.25) is 0 Å². The highest BCUT2D eigenvalue weighted by Crippen LogP contribution is 2.18. The summed E-state index contributed by atoms with van der Waals surface area (Å²) >= 11 is 0. The number of rotatable bonds is 3. The van der Waals surface area contributed by atoms with Crippen molar-refractivity contribution in [1.82, 2.24) is 19.7 Å². The molecule has 0 aromatic carbocycles. The van der Waals surface area contributed by atoms with E-state index in [2.05, 4.69) is 15.2 Å². The highest BCUT2D eigenvalue weighted by molar-refractivity contribution is 5.72. The van der Waals surface area contributed by atoms with Crippen LogP contribution in [0, 0.1) is 0 Å². The minimum atomic E-state index is -0.147. The van der Waals surface area contributed by atoms with E-state index >= 15 is 0 Å². The molecule has 6 nitrogen and oxygen atoms in total. The normalized spacial score (nSPS) is 10.6. The van der Waals surface area contributed by atoms with Crippen molar-refractivity contribution in [2.24, 2.45) is 0 Å². The topological polar surface area (TPSA) is 89.6 Å². The van der Waals surface area contributed by atoms with Gasteiger partial charge in [0.2, 0.25) is 0 Å². The third-order valence-corrected chi connectivity index (χ3v) is 3.07. The van der Waals surface area contributed by atoms with Gasteiger partial charge in [0.05, 0.1) is 17.8 Å². The number of nitrogens with two attached hydrogens (primary N) is 1. The first-order valence-corrected chi connectivity index (χ1v) is 6.13. The van der Waals surface area contributed by atoms with E-state index in [1.54, 1.807) is 41.5 Å². The Bertz CT molecular complexity index is 762. The van der Waals surface area contributed by atoms with Gasteiger partial charge in [-0.3, -0.25) is 14.9 Å².